The van der Waals surface area contributed by atoms with E-state index in [1.54, 1.807) is 14.1 Å². The molecular weight excluding hydrogens is 250 g/mol. The van der Waals surface area contributed by atoms with E-state index >= 15 is 0 Å². The first-order valence-electron chi connectivity index (χ1n) is 5.43. The number of rotatable bonds is 4. The number of carbonyl (C=O) groups excluding carboxylic acids is 1. The third kappa shape index (κ3) is 3.42. The highest BCUT2D eigenvalue weighted by atomic mass is 16.6. The third-order valence-corrected chi connectivity index (χ3v) is 2.38. The van der Waals surface area contributed by atoms with E-state index in [1.807, 2.05) is 6.07 Å². The van der Waals surface area contributed by atoms with Crippen LogP contribution in [0.25, 0.3) is 0 Å². The minimum Gasteiger partial charge on any atom is -0.474 e. The lowest BCUT2D eigenvalue weighted by molar-refractivity contribution is -0.386. The van der Waals surface area contributed by atoms with Gasteiger partial charge in [0.25, 0.3) is 5.91 Å². The Morgan fingerprint density at radius 3 is 2.63 bits per heavy atom. The highest BCUT2D eigenvalue weighted by molar-refractivity contribution is 5.80. The van der Waals surface area contributed by atoms with E-state index in [0.29, 0.717) is 0 Å². The fourth-order valence-electron chi connectivity index (χ4n) is 1.43. The van der Waals surface area contributed by atoms with Crippen molar-refractivity contribution in [2.24, 2.45) is 0 Å². The first kappa shape index (κ1) is 14.4. The average molecular weight is 263 g/mol. The number of nitro groups is 1. The van der Waals surface area contributed by atoms with Gasteiger partial charge in [0.2, 0.25) is 0 Å². The van der Waals surface area contributed by atoms with Crippen LogP contribution < -0.4 is 4.74 Å². The van der Waals surface area contributed by atoms with Gasteiger partial charge in [-0.2, -0.15) is 5.26 Å². The van der Waals surface area contributed by atoms with E-state index in [4.69, 9.17) is 10.00 Å². The second-order valence-corrected chi connectivity index (χ2v) is 4.04. The van der Waals surface area contributed by atoms with E-state index in [9.17, 15) is 14.9 Å². The Morgan fingerprint density at radius 2 is 2.16 bits per heavy atom. The highest BCUT2D eigenvalue weighted by Gasteiger charge is 2.22. The van der Waals surface area contributed by atoms with E-state index in [0.717, 1.165) is 6.07 Å². The molecule has 0 radical (unpaired) electrons. The minimum atomic E-state index is -0.846. The zero-order valence-corrected chi connectivity index (χ0v) is 10.8. The minimum absolute atomic E-state index is 0.0355. The van der Waals surface area contributed by atoms with Gasteiger partial charge in [0, 0.05) is 20.2 Å². The molecule has 0 spiro atoms. The summed E-state index contributed by atoms with van der Waals surface area (Å²) < 4.78 is 5.29. The van der Waals surface area contributed by atoms with E-state index in [1.165, 1.54) is 24.0 Å². The number of amides is 1. The molecular formula is C12H13N3O4. The molecule has 1 rings (SSSR count). The van der Waals surface area contributed by atoms with Gasteiger partial charge in [0.1, 0.15) is 0 Å². The van der Waals surface area contributed by atoms with Crippen LogP contribution in [0, 0.1) is 21.4 Å². The first-order valence-corrected chi connectivity index (χ1v) is 5.43. The van der Waals surface area contributed by atoms with Gasteiger partial charge >= 0.3 is 5.69 Å². The van der Waals surface area contributed by atoms with Gasteiger partial charge in [-0.05, 0) is 19.1 Å². The summed E-state index contributed by atoms with van der Waals surface area (Å²) in [4.78, 5) is 23.2. The highest BCUT2D eigenvalue weighted by Crippen LogP contribution is 2.28. The third-order valence-electron chi connectivity index (χ3n) is 2.38. The van der Waals surface area contributed by atoms with E-state index in [-0.39, 0.29) is 22.9 Å². The van der Waals surface area contributed by atoms with Gasteiger partial charge in [-0.3, -0.25) is 14.9 Å². The molecule has 1 aromatic carbocycles. The fraction of sp³-hybridized carbons (Fsp3) is 0.333. The zero-order chi connectivity index (χ0) is 14.6. The summed E-state index contributed by atoms with van der Waals surface area (Å²) in [7, 11) is 3.13. The number of nitriles is 1. The average Bonchev–Trinajstić information content (AvgIpc) is 2.37. The number of likely N-dealkylation sites (N-methyl/N-ethyl adjacent to an activating group) is 1. The second-order valence-electron chi connectivity index (χ2n) is 4.04. The van der Waals surface area contributed by atoms with Crippen molar-refractivity contribution in [2.75, 3.05) is 14.1 Å². The molecule has 0 bridgehead atoms. The monoisotopic (exact) mass is 263 g/mol. The van der Waals surface area contributed by atoms with Gasteiger partial charge < -0.3 is 9.64 Å². The molecule has 1 aromatic rings. The van der Waals surface area contributed by atoms with Crippen molar-refractivity contribution in [1.82, 2.24) is 4.90 Å². The van der Waals surface area contributed by atoms with Crippen molar-refractivity contribution in [3.8, 4) is 11.8 Å². The quantitative estimate of drug-likeness (QED) is 0.603. The summed E-state index contributed by atoms with van der Waals surface area (Å²) in [6.45, 7) is 1.50. The van der Waals surface area contributed by atoms with Crippen molar-refractivity contribution in [2.45, 2.75) is 13.0 Å². The fourth-order valence-corrected chi connectivity index (χ4v) is 1.43. The lowest BCUT2D eigenvalue weighted by Crippen LogP contribution is -2.35. The predicted octanol–water partition coefficient (Wildman–Crippen LogP) is 1.32. The smallest absolute Gasteiger partial charge is 0.312 e. The van der Waals surface area contributed by atoms with Crippen LogP contribution >= 0.6 is 0 Å². The normalized spacial score (nSPS) is 11.3. The summed E-state index contributed by atoms with van der Waals surface area (Å²) in [6.07, 6.45) is -0.846. The molecule has 100 valence electrons. The Kier molecular flexibility index (Phi) is 4.42. The van der Waals surface area contributed by atoms with Crippen molar-refractivity contribution in [3.05, 3.63) is 33.9 Å². The van der Waals surface area contributed by atoms with Crippen LogP contribution in [0.15, 0.2) is 18.2 Å². The summed E-state index contributed by atoms with van der Waals surface area (Å²) in [5.74, 6) is -0.342. The maximum Gasteiger partial charge on any atom is 0.312 e. The largest absolute Gasteiger partial charge is 0.474 e. The second kappa shape index (κ2) is 5.82. The molecule has 1 atom stereocenters. The predicted molar refractivity (Wildman–Crippen MR) is 66.6 cm³/mol. The molecule has 19 heavy (non-hydrogen) atoms. The van der Waals surface area contributed by atoms with Crippen LogP contribution in [0.2, 0.25) is 0 Å². The van der Waals surface area contributed by atoms with Crippen molar-refractivity contribution < 1.29 is 14.5 Å². The number of hydrogen-bond donors (Lipinski definition) is 0. The number of ether oxygens (including phenoxy) is 1. The molecule has 0 aliphatic heterocycles. The standard InChI is InChI=1S/C12H13N3O4/c1-8(12(16)14(2)3)19-11-5-4-9(7-13)6-10(11)15(17)18/h4-6,8H,1-3H3. The van der Waals surface area contributed by atoms with Crippen LogP contribution in [0.4, 0.5) is 5.69 Å². The Morgan fingerprint density at radius 1 is 1.53 bits per heavy atom. The van der Waals surface area contributed by atoms with E-state index < -0.39 is 11.0 Å². The molecule has 0 saturated heterocycles. The van der Waals surface area contributed by atoms with Crippen LogP contribution in [-0.4, -0.2) is 35.9 Å². The molecule has 7 nitrogen and oxygen atoms in total. The Bertz CT molecular complexity index is 548. The van der Waals surface area contributed by atoms with Crippen LogP contribution in [0.3, 0.4) is 0 Å². The molecule has 0 aromatic heterocycles. The number of carbonyl (C=O) groups is 1. The Hall–Kier alpha value is -2.62. The number of nitro benzene ring substituents is 1. The molecule has 0 aliphatic rings. The molecule has 0 aliphatic carbocycles. The molecule has 0 fully saturated rings. The van der Waals surface area contributed by atoms with Crippen molar-refractivity contribution in [1.29, 1.82) is 5.26 Å². The zero-order valence-electron chi connectivity index (χ0n) is 10.8. The van der Waals surface area contributed by atoms with Gasteiger partial charge in [0.15, 0.2) is 11.9 Å². The summed E-state index contributed by atoms with van der Waals surface area (Å²) in [6, 6.07) is 5.64. The number of benzene rings is 1. The van der Waals surface area contributed by atoms with Gasteiger partial charge in [-0.15, -0.1) is 0 Å². The van der Waals surface area contributed by atoms with Crippen molar-refractivity contribution in [3.63, 3.8) is 0 Å². The lowest BCUT2D eigenvalue weighted by atomic mass is 10.2. The van der Waals surface area contributed by atoms with E-state index in [2.05, 4.69) is 0 Å². The Labute approximate surface area is 110 Å². The maximum atomic E-state index is 11.6. The molecule has 1 unspecified atom stereocenters. The maximum absolute atomic E-state index is 11.6. The molecule has 0 saturated carbocycles. The topological polar surface area (TPSA) is 96.5 Å². The van der Waals surface area contributed by atoms with Crippen LogP contribution in [0.5, 0.6) is 5.75 Å². The molecule has 1 amide bonds. The Balaban J connectivity index is 3.05. The summed E-state index contributed by atoms with van der Waals surface area (Å²) in [5, 5.41) is 19.6. The summed E-state index contributed by atoms with van der Waals surface area (Å²) >= 11 is 0. The van der Waals surface area contributed by atoms with Crippen molar-refractivity contribution >= 4 is 11.6 Å². The summed E-state index contributed by atoms with van der Waals surface area (Å²) in [5.41, 5.74) is -0.178. The van der Waals surface area contributed by atoms with Gasteiger partial charge in [0.05, 0.1) is 16.6 Å². The SMILES string of the molecule is CC(Oc1ccc(C#N)cc1[N+](=O)[O-])C(=O)N(C)C. The van der Waals surface area contributed by atoms with Gasteiger partial charge in [-0.1, -0.05) is 0 Å². The molecule has 7 heteroatoms. The molecule has 0 heterocycles. The number of hydrogen-bond acceptors (Lipinski definition) is 5. The molecule has 0 N–H and O–H groups in total. The lowest BCUT2D eigenvalue weighted by Gasteiger charge is -2.18. The first-order chi connectivity index (χ1) is 8.86. The van der Waals surface area contributed by atoms with Crippen LogP contribution in [-0.2, 0) is 4.79 Å². The van der Waals surface area contributed by atoms with Crippen LogP contribution in [0.1, 0.15) is 12.5 Å². The van der Waals surface area contributed by atoms with Gasteiger partial charge in [-0.25, -0.2) is 0 Å². The number of nitrogens with zero attached hydrogens (tertiary/aromatic N) is 3.